The van der Waals surface area contributed by atoms with Crippen LogP contribution < -0.4 is 11.3 Å². The molecule has 0 bridgehead atoms. The van der Waals surface area contributed by atoms with Gasteiger partial charge in [0.2, 0.25) is 0 Å². The van der Waals surface area contributed by atoms with Gasteiger partial charge in [-0.05, 0) is 20.3 Å². The molecule has 0 aliphatic heterocycles. The molecule has 0 saturated carbocycles. The Balaban J connectivity index is 3.24. The van der Waals surface area contributed by atoms with Crippen molar-refractivity contribution in [1.29, 1.82) is 0 Å². The second-order valence-electron chi connectivity index (χ2n) is 6.22. The topological polar surface area (TPSA) is 47.3 Å². The fourth-order valence-electron chi connectivity index (χ4n) is 2.40. The molecule has 0 radical (unpaired) electrons. The summed E-state index contributed by atoms with van der Waals surface area (Å²) >= 11 is 0. The Morgan fingerprint density at radius 2 is 1.35 bits per heavy atom. The van der Waals surface area contributed by atoms with Crippen molar-refractivity contribution < 1.29 is 4.74 Å². The number of nitrogens with one attached hydrogen (secondary N) is 1. The van der Waals surface area contributed by atoms with Gasteiger partial charge in [-0.15, -0.1) is 0 Å². The zero-order valence-electron chi connectivity index (χ0n) is 14.1. The molecule has 1 atom stereocenters. The van der Waals surface area contributed by atoms with E-state index in [2.05, 4.69) is 26.2 Å². The van der Waals surface area contributed by atoms with E-state index in [1.165, 1.54) is 64.2 Å². The molecule has 3 nitrogen and oxygen atoms in total. The molecule has 0 fully saturated rings. The minimum atomic E-state index is 0.290. The Morgan fingerprint density at radius 3 is 1.80 bits per heavy atom. The first kappa shape index (κ1) is 19.9. The summed E-state index contributed by atoms with van der Waals surface area (Å²) in [4.78, 5) is 0. The van der Waals surface area contributed by atoms with E-state index in [4.69, 9.17) is 10.6 Å². The normalized spacial score (nSPS) is 13.1. The van der Waals surface area contributed by atoms with Crippen LogP contribution in [0.1, 0.15) is 91.4 Å². The first-order chi connectivity index (χ1) is 9.70. The highest BCUT2D eigenvalue weighted by Gasteiger charge is 2.07. The quantitative estimate of drug-likeness (QED) is 0.264. The van der Waals surface area contributed by atoms with Crippen molar-refractivity contribution in [2.45, 2.75) is 104 Å². The summed E-state index contributed by atoms with van der Waals surface area (Å²) in [7, 11) is 0. The molecule has 1 unspecified atom stereocenters. The van der Waals surface area contributed by atoms with Crippen LogP contribution in [0.3, 0.4) is 0 Å². The van der Waals surface area contributed by atoms with Gasteiger partial charge in [0, 0.05) is 6.04 Å². The lowest BCUT2D eigenvalue weighted by Gasteiger charge is -2.17. The van der Waals surface area contributed by atoms with Crippen molar-refractivity contribution in [2.75, 3.05) is 6.61 Å². The first-order valence-electron chi connectivity index (χ1n) is 8.78. The van der Waals surface area contributed by atoms with Crippen molar-refractivity contribution in [2.24, 2.45) is 5.84 Å². The SMILES string of the molecule is CCCCCCCCCCCCC(COC(C)C)NN. The third-order valence-corrected chi connectivity index (χ3v) is 3.77. The molecule has 0 aliphatic carbocycles. The van der Waals surface area contributed by atoms with Gasteiger partial charge >= 0.3 is 0 Å². The summed E-state index contributed by atoms with van der Waals surface area (Å²) in [5.41, 5.74) is 2.86. The third-order valence-electron chi connectivity index (χ3n) is 3.77. The molecule has 3 heteroatoms. The number of hydrogen-bond donors (Lipinski definition) is 2. The van der Waals surface area contributed by atoms with Gasteiger partial charge in [0.25, 0.3) is 0 Å². The van der Waals surface area contributed by atoms with Gasteiger partial charge in [0.05, 0.1) is 12.7 Å². The Kier molecular flexibility index (Phi) is 15.2. The van der Waals surface area contributed by atoms with Crippen LogP contribution in [-0.4, -0.2) is 18.8 Å². The maximum absolute atomic E-state index is 5.59. The van der Waals surface area contributed by atoms with Crippen LogP contribution in [-0.2, 0) is 4.74 Å². The zero-order valence-corrected chi connectivity index (χ0v) is 14.1. The molecule has 0 aliphatic rings. The molecule has 122 valence electrons. The fraction of sp³-hybridized carbons (Fsp3) is 1.00. The van der Waals surface area contributed by atoms with E-state index in [0.717, 1.165) is 13.0 Å². The molecule has 3 N–H and O–H groups in total. The predicted octanol–water partition coefficient (Wildman–Crippen LogP) is 4.55. The number of unbranched alkanes of at least 4 members (excludes halogenated alkanes) is 9. The summed E-state index contributed by atoms with van der Waals surface area (Å²) < 4.78 is 5.59. The van der Waals surface area contributed by atoms with Crippen molar-refractivity contribution >= 4 is 0 Å². The molecule has 0 aromatic rings. The van der Waals surface area contributed by atoms with Crippen molar-refractivity contribution in [3.8, 4) is 0 Å². The Bertz CT molecular complexity index is 186. The number of ether oxygens (including phenoxy) is 1. The summed E-state index contributed by atoms with van der Waals surface area (Å²) in [6.07, 6.45) is 15.2. The lowest BCUT2D eigenvalue weighted by molar-refractivity contribution is 0.0590. The van der Waals surface area contributed by atoms with Crippen LogP contribution in [0.25, 0.3) is 0 Å². The van der Waals surface area contributed by atoms with Crippen molar-refractivity contribution in [3.63, 3.8) is 0 Å². The first-order valence-corrected chi connectivity index (χ1v) is 8.78. The molecule has 0 aromatic carbocycles. The van der Waals surface area contributed by atoms with Gasteiger partial charge in [0.15, 0.2) is 0 Å². The fourth-order valence-corrected chi connectivity index (χ4v) is 2.40. The molecule has 0 heterocycles. The monoisotopic (exact) mass is 286 g/mol. The third kappa shape index (κ3) is 14.3. The van der Waals surface area contributed by atoms with Crippen LogP contribution in [0.4, 0.5) is 0 Å². The van der Waals surface area contributed by atoms with E-state index in [0.29, 0.717) is 12.1 Å². The molecule has 0 rings (SSSR count). The van der Waals surface area contributed by atoms with Gasteiger partial charge in [-0.3, -0.25) is 11.3 Å². The minimum Gasteiger partial charge on any atom is -0.377 e. The minimum absolute atomic E-state index is 0.290. The second-order valence-corrected chi connectivity index (χ2v) is 6.22. The smallest absolute Gasteiger partial charge is 0.0636 e. The summed E-state index contributed by atoms with van der Waals surface area (Å²) in [6, 6.07) is 0.312. The average molecular weight is 287 g/mol. The highest BCUT2D eigenvalue weighted by molar-refractivity contribution is 4.63. The van der Waals surface area contributed by atoms with Gasteiger partial charge in [0.1, 0.15) is 0 Å². The van der Waals surface area contributed by atoms with Gasteiger partial charge in [-0.2, -0.15) is 0 Å². The standard InChI is InChI=1S/C17H38N2O/c1-4-5-6-7-8-9-10-11-12-13-14-17(19-18)15-20-16(2)3/h16-17,19H,4-15,18H2,1-3H3. The highest BCUT2D eigenvalue weighted by atomic mass is 16.5. The molecule has 0 amide bonds. The van der Waals surface area contributed by atoms with E-state index in [9.17, 15) is 0 Å². The van der Waals surface area contributed by atoms with Crippen LogP contribution in [0.15, 0.2) is 0 Å². The molecule has 0 spiro atoms. The van der Waals surface area contributed by atoms with Crippen LogP contribution >= 0.6 is 0 Å². The molecule has 0 aromatic heterocycles. The van der Waals surface area contributed by atoms with Gasteiger partial charge < -0.3 is 4.74 Å². The van der Waals surface area contributed by atoms with Gasteiger partial charge in [-0.25, -0.2) is 0 Å². The number of hydrazine groups is 1. The number of hydrogen-bond acceptors (Lipinski definition) is 3. The maximum Gasteiger partial charge on any atom is 0.0636 e. The van der Waals surface area contributed by atoms with E-state index >= 15 is 0 Å². The molecular formula is C17H38N2O. The van der Waals surface area contributed by atoms with Crippen LogP contribution in [0.2, 0.25) is 0 Å². The van der Waals surface area contributed by atoms with Crippen molar-refractivity contribution in [1.82, 2.24) is 5.43 Å². The largest absolute Gasteiger partial charge is 0.377 e. The lowest BCUT2D eigenvalue weighted by Crippen LogP contribution is -2.39. The summed E-state index contributed by atoms with van der Waals surface area (Å²) in [5.74, 6) is 5.55. The van der Waals surface area contributed by atoms with Crippen LogP contribution in [0.5, 0.6) is 0 Å². The van der Waals surface area contributed by atoms with Gasteiger partial charge in [-0.1, -0.05) is 71.1 Å². The molecular weight excluding hydrogens is 248 g/mol. The average Bonchev–Trinajstić information content (AvgIpc) is 2.44. The Labute approximate surface area is 127 Å². The van der Waals surface area contributed by atoms with Crippen molar-refractivity contribution in [3.05, 3.63) is 0 Å². The highest BCUT2D eigenvalue weighted by Crippen LogP contribution is 2.12. The van der Waals surface area contributed by atoms with E-state index in [-0.39, 0.29) is 0 Å². The predicted molar refractivity (Wildman–Crippen MR) is 88.7 cm³/mol. The van der Waals surface area contributed by atoms with E-state index < -0.39 is 0 Å². The van der Waals surface area contributed by atoms with E-state index in [1.54, 1.807) is 0 Å². The second kappa shape index (κ2) is 15.3. The molecule has 0 saturated heterocycles. The maximum atomic E-state index is 5.59. The lowest BCUT2D eigenvalue weighted by atomic mass is 10.0. The number of rotatable bonds is 15. The Hall–Kier alpha value is -0.120. The Morgan fingerprint density at radius 1 is 0.850 bits per heavy atom. The summed E-state index contributed by atoms with van der Waals surface area (Å²) in [6.45, 7) is 7.13. The van der Waals surface area contributed by atoms with Crippen LogP contribution in [0, 0.1) is 0 Å². The zero-order chi connectivity index (χ0) is 15.1. The van der Waals surface area contributed by atoms with E-state index in [1.807, 2.05) is 0 Å². The summed E-state index contributed by atoms with van der Waals surface area (Å²) in [5, 5.41) is 0. The molecule has 20 heavy (non-hydrogen) atoms. The number of nitrogens with two attached hydrogens (primary N) is 1.